The minimum absolute atomic E-state index is 0.105. The van der Waals surface area contributed by atoms with Gasteiger partial charge in [-0.15, -0.1) is 0 Å². The lowest BCUT2D eigenvalue weighted by molar-refractivity contribution is -0.116. The van der Waals surface area contributed by atoms with Gasteiger partial charge >= 0.3 is 0 Å². The molecule has 0 atom stereocenters. The molecule has 118 valence electrons. The number of anilines is 1. The largest absolute Gasteiger partial charge is 0.324 e. The molecule has 0 unspecified atom stereocenters. The monoisotopic (exact) mass is 375 g/mol. The number of aromatic nitrogens is 4. The van der Waals surface area contributed by atoms with Gasteiger partial charge in [-0.05, 0) is 30.7 Å². The third kappa shape index (κ3) is 3.02. The van der Waals surface area contributed by atoms with Crippen LogP contribution < -0.4 is 10.9 Å². The minimum atomic E-state index is -0.289. The molecule has 0 bridgehead atoms. The van der Waals surface area contributed by atoms with Crippen LogP contribution in [0.25, 0.3) is 11.0 Å². The molecule has 2 heterocycles. The van der Waals surface area contributed by atoms with Crippen molar-refractivity contribution in [2.24, 2.45) is 7.05 Å². The summed E-state index contributed by atoms with van der Waals surface area (Å²) in [7, 11) is 1.71. The highest BCUT2D eigenvalue weighted by Crippen LogP contribution is 2.19. The molecule has 3 rings (SSSR count). The van der Waals surface area contributed by atoms with E-state index in [1.54, 1.807) is 7.05 Å². The number of rotatable bonds is 3. The second kappa shape index (κ2) is 5.96. The zero-order valence-electron chi connectivity index (χ0n) is 12.6. The van der Waals surface area contributed by atoms with Crippen molar-refractivity contribution in [1.82, 2.24) is 19.3 Å². The zero-order chi connectivity index (χ0) is 16.6. The van der Waals surface area contributed by atoms with Crippen molar-refractivity contribution in [1.29, 1.82) is 0 Å². The Labute approximate surface area is 140 Å². The number of nitrogens with one attached hydrogen (secondary N) is 1. The van der Waals surface area contributed by atoms with E-state index in [-0.39, 0.29) is 18.0 Å². The molecule has 23 heavy (non-hydrogen) atoms. The van der Waals surface area contributed by atoms with Crippen molar-refractivity contribution in [2.45, 2.75) is 13.5 Å². The van der Waals surface area contributed by atoms with E-state index in [0.717, 1.165) is 10.0 Å². The van der Waals surface area contributed by atoms with Gasteiger partial charge in [0.2, 0.25) is 5.91 Å². The van der Waals surface area contributed by atoms with Gasteiger partial charge in [-0.2, -0.15) is 5.10 Å². The van der Waals surface area contributed by atoms with E-state index < -0.39 is 0 Å². The molecule has 3 aromatic rings. The van der Waals surface area contributed by atoms with Crippen LogP contribution in [0.3, 0.4) is 0 Å². The Morgan fingerprint density at radius 3 is 2.91 bits per heavy atom. The Morgan fingerprint density at radius 2 is 2.17 bits per heavy atom. The molecule has 1 N–H and O–H groups in total. The Balaban J connectivity index is 1.83. The number of carbonyl (C=O) groups excluding carboxylic acids is 1. The number of amides is 1. The first kappa shape index (κ1) is 15.4. The average molecular weight is 376 g/mol. The Morgan fingerprint density at radius 1 is 1.39 bits per heavy atom. The maximum Gasteiger partial charge on any atom is 0.264 e. The molecule has 1 aromatic carbocycles. The van der Waals surface area contributed by atoms with Gasteiger partial charge in [0.25, 0.3) is 5.56 Å². The molecule has 0 aliphatic rings. The highest BCUT2D eigenvalue weighted by Gasteiger charge is 2.11. The fourth-order valence-corrected chi connectivity index (χ4v) is 2.77. The molecule has 2 aromatic heterocycles. The molecule has 8 heteroatoms. The van der Waals surface area contributed by atoms with E-state index in [9.17, 15) is 9.59 Å². The van der Waals surface area contributed by atoms with Crippen LogP contribution in [0.15, 0.2) is 40.0 Å². The molecule has 0 saturated carbocycles. The molecule has 0 saturated heterocycles. The van der Waals surface area contributed by atoms with Crippen LogP contribution in [0.4, 0.5) is 5.69 Å². The van der Waals surface area contributed by atoms with Crippen molar-refractivity contribution in [3.8, 4) is 0 Å². The van der Waals surface area contributed by atoms with Crippen LogP contribution in [0.1, 0.15) is 5.56 Å². The van der Waals surface area contributed by atoms with Gasteiger partial charge < -0.3 is 5.32 Å². The van der Waals surface area contributed by atoms with Crippen LogP contribution in [-0.2, 0) is 18.4 Å². The second-order valence-corrected chi connectivity index (χ2v) is 6.11. The van der Waals surface area contributed by atoms with Crippen LogP contribution in [0.5, 0.6) is 0 Å². The van der Waals surface area contributed by atoms with Gasteiger partial charge in [-0.1, -0.05) is 15.9 Å². The number of benzene rings is 1. The maximum absolute atomic E-state index is 12.3. The minimum Gasteiger partial charge on any atom is -0.324 e. The molecule has 0 fully saturated rings. The molecular weight excluding hydrogens is 362 g/mol. The molecule has 0 aliphatic carbocycles. The van der Waals surface area contributed by atoms with Crippen LogP contribution in [0, 0.1) is 6.92 Å². The number of carbonyl (C=O) groups is 1. The standard InChI is InChI=1S/C15H14BrN5O2/c1-9-5-10(16)3-4-12(9)19-13(22)7-21-8-17-14-11(15(21)23)6-18-20(14)2/h3-6,8H,7H2,1-2H3,(H,19,22). The smallest absolute Gasteiger partial charge is 0.264 e. The van der Waals surface area contributed by atoms with Crippen LogP contribution in [-0.4, -0.2) is 25.2 Å². The van der Waals surface area contributed by atoms with E-state index in [4.69, 9.17) is 0 Å². The van der Waals surface area contributed by atoms with E-state index in [0.29, 0.717) is 16.7 Å². The van der Waals surface area contributed by atoms with Gasteiger partial charge in [0.15, 0.2) is 5.65 Å². The predicted octanol–water partition coefficient (Wildman–Crippen LogP) is 1.84. The van der Waals surface area contributed by atoms with Crippen molar-refractivity contribution in [3.05, 3.63) is 51.1 Å². The first-order valence-electron chi connectivity index (χ1n) is 6.89. The summed E-state index contributed by atoms with van der Waals surface area (Å²) < 4.78 is 3.73. The van der Waals surface area contributed by atoms with Gasteiger partial charge in [0, 0.05) is 17.2 Å². The lowest BCUT2D eigenvalue weighted by Gasteiger charge is -2.10. The predicted molar refractivity (Wildman–Crippen MR) is 90.3 cm³/mol. The maximum atomic E-state index is 12.3. The quantitative estimate of drug-likeness (QED) is 0.756. The number of fused-ring (bicyclic) bond motifs is 1. The normalized spacial score (nSPS) is 10.9. The van der Waals surface area contributed by atoms with Gasteiger partial charge in [-0.3, -0.25) is 18.8 Å². The fraction of sp³-hybridized carbons (Fsp3) is 0.200. The number of hydrogen-bond acceptors (Lipinski definition) is 4. The topological polar surface area (TPSA) is 81.8 Å². The zero-order valence-corrected chi connectivity index (χ0v) is 14.2. The fourth-order valence-electron chi connectivity index (χ4n) is 2.29. The molecular formula is C15H14BrN5O2. The molecule has 0 aliphatic heterocycles. The first-order chi connectivity index (χ1) is 11.0. The first-order valence-corrected chi connectivity index (χ1v) is 7.68. The number of halogens is 1. The summed E-state index contributed by atoms with van der Waals surface area (Å²) in [5.74, 6) is -0.289. The molecule has 0 radical (unpaired) electrons. The van der Waals surface area contributed by atoms with Crippen molar-refractivity contribution >= 4 is 38.6 Å². The SMILES string of the molecule is Cc1cc(Br)ccc1NC(=O)Cn1cnc2c(cnn2C)c1=O. The van der Waals surface area contributed by atoms with E-state index in [1.807, 2.05) is 25.1 Å². The van der Waals surface area contributed by atoms with Crippen LogP contribution >= 0.6 is 15.9 Å². The summed E-state index contributed by atoms with van der Waals surface area (Å²) in [4.78, 5) is 28.7. The lowest BCUT2D eigenvalue weighted by Crippen LogP contribution is -2.28. The van der Waals surface area contributed by atoms with Crippen molar-refractivity contribution < 1.29 is 4.79 Å². The van der Waals surface area contributed by atoms with Gasteiger partial charge in [0.05, 0.1) is 6.20 Å². The van der Waals surface area contributed by atoms with Gasteiger partial charge in [0.1, 0.15) is 18.3 Å². The Hall–Kier alpha value is -2.48. The van der Waals surface area contributed by atoms with E-state index >= 15 is 0 Å². The number of hydrogen-bond donors (Lipinski definition) is 1. The summed E-state index contributed by atoms with van der Waals surface area (Å²) in [5.41, 5.74) is 1.85. The highest BCUT2D eigenvalue weighted by atomic mass is 79.9. The molecule has 0 spiro atoms. The number of nitrogens with zero attached hydrogens (tertiary/aromatic N) is 4. The van der Waals surface area contributed by atoms with Crippen molar-refractivity contribution in [3.63, 3.8) is 0 Å². The van der Waals surface area contributed by atoms with Gasteiger partial charge in [-0.25, -0.2) is 4.98 Å². The molecule has 1 amide bonds. The number of aryl methyl sites for hydroxylation is 2. The van der Waals surface area contributed by atoms with E-state index in [1.165, 1.54) is 21.8 Å². The lowest BCUT2D eigenvalue weighted by atomic mass is 10.2. The summed E-state index contributed by atoms with van der Waals surface area (Å²) in [6.45, 7) is 1.79. The average Bonchev–Trinajstić information content (AvgIpc) is 2.87. The Bertz CT molecular complexity index is 960. The second-order valence-electron chi connectivity index (χ2n) is 5.19. The third-order valence-electron chi connectivity index (χ3n) is 3.49. The van der Waals surface area contributed by atoms with Crippen LogP contribution in [0.2, 0.25) is 0 Å². The molecule has 7 nitrogen and oxygen atoms in total. The summed E-state index contributed by atoms with van der Waals surface area (Å²) in [6.07, 6.45) is 2.82. The van der Waals surface area contributed by atoms with Crippen molar-refractivity contribution in [2.75, 3.05) is 5.32 Å². The summed E-state index contributed by atoms with van der Waals surface area (Å²) >= 11 is 3.38. The third-order valence-corrected chi connectivity index (χ3v) is 3.99. The highest BCUT2D eigenvalue weighted by molar-refractivity contribution is 9.10. The Kier molecular flexibility index (Phi) is 3.99. The summed E-state index contributed by atoms with van der Waals surface area (Å²) in [5, 5.41) is 7.19. The van der Waals surface area contributed by atoms with E-state index in [2.05, 4.69) is 31.3 Å². The summed E-state index contributed by atoms with van der Waals surface area (Å²) in [6, 6.07) is 5.56.